The molecule has 0 spiro atoms. The van der Waals surface area contributed by atoms with Gasteiger partial charge in [-0.2, -0.15) is 0 Å². The van der Waals surface area contributed by atoms with Crippen LogP contribution in [0.1, 0.15) is 60.3 Å². The van der Waals surface area contributed by atoms with Gasteiger partial charge >= 0.3 is 0 Å². The molecule has 7 heteroatoms. The molecule has 3 unspecified atom stereocenters. The van der Waals surface area contributed by atoms with Crippen LogP contribution in [-0.2, 0) is 14.4 Å². The first-order valence-electron chi connectivity index (χ1n) is 10.0. The van der Waals surface area contributed by atoms with Gasteiger partial charge < -0.3 is 20.4 Å². The molecule has 2 fully saturated rings. The number of nitrogens with zero attached hydrogens (tertiary/aromatic N) is 2. The number of hydrogen-bond donors (Lipinski definition) is 2. The summed E-state index contributed by atoms with van der Waals surface area (Å²) in [5.74, 6) is -0.244. The Kier molecular flexibility index (Phi) is 6.55. The molecule has 2 aliphatic rings. The number of likely N-dealkylation sites (N-methyl/N-ethyl adjacent to an activating group) is 1. The van der Waals surface area contributed by atoms with Crippen molar-refractivity contribution in [1.82, 2.24) is 20.4 Å². The van der Waals surface area contributed by atoms with Crippen LogP contribution in [0.25, 0.3) is 0 Å². The van der Waals surface area contributed by atoms with Gasteiger partial charge in [0.2, 0.25) is 17.7 Å². The van der Waals surface area contributed by atoms with E-state index in [1.54, 1.807) is 18.9 Å². The number of amides is 3. The van der Waals surface area contributed by atoms with Crippen LogP contribution in [0, 0.1) is 5.41 Å². The predicted octanol–water partition coefficient (Wildman–Crippen LogP) is 1.13. The molecule has 2 rings (SSSR count). The smallest absolute Gasteiger partial charge is 0.247 e. The van der Waals surface area contributed by atoms with E-state index in [1.165, 1.54) is 0 Å². The summed E-state index contributed by atoms with van der Waals surface area (Å²) in [6.45, 7) is 11.5. The van der Waals surface area contributed by atoms with Gasteiger partial charge in [-0.25, -0.2) is 0 Å². The number of fused-ring (bicyclic) bond motifs is 1. The Hall–Kier alpha value is -1.63. The lowest BCUT2D eigenvalue weighted by Crippen LogP contribution is -2.62. The Morgan fingerprint density at radius 1 is 1.26 bits per heavy atom. The van der Waals surface area contributed by atoms with Gasteiger partial charge in [0, 0.05) is 31.6 Å². The number of hydrogen-bond acceptors (Lipinski definition) is 4. The van der Waals surface area contributed by atoms with E-state index in [1.807, 2.05) is 25.7 Å². The zero-order chi connectivity index (χ0) is 20.4. The number of carbonyl (C=O) groups excluding carboxylic acids is 3. The predicted molar refractivity (Wildman–Crippen MR) is 105 cm³/mol. The second kappa shape index (κ2) is 8.17. The van der Waals surface area contributed by atoms with Gasteiger partial charge in [-0.3, -0.25) is 14.4 Å². The normalized spacial score (nSPS) is 27.6. The van der Waals surface area contributed by atoms with Crippen molar-refractivity contribution in [2.75, 3.05) is 26.7 Å². The highest BCUT2D eigenvalue weighted by molar-refractivity contribution is 5.91. The summed E-state index contributed by atoms with van der Waals surface area (Å²) >= 11 is 0. The monoisotopic (exact) mass is 380 g/mol. The third-order valence-electron chi connectivity index (χ3n) is 5.81. The summed E-state index contributed by atoms with van der Waals surface area (Å²) in [6, 6.07) is -1.10. The molecule has 0 radical (unpaired) electrons. The minimum absolute atomic E-state index is 0.0475. The molecule has 2 saturated heterocycles. The fraction of sp³-hybridized carbons (Fsp3) is 0.850. The fourth-order valence-electron chi connectivity index (χ4n) is 3.94. The van der Waals surface area contributed by atoms with Crippen molar-refractivity contribution >= 4 is 17.7 Å². The van der Waals surface area contributed by atoms with Crippen molar-refractivity contribution in [3.63, 3.8) is 0 Å². The molecular formula is C20H36N4O3. The maximum absolute atomic E-state index is 13.2. The molecule has 0 aromatic rings. The zero-order valence-corrected chi connectivity index (χ0v) is 17.7. The van der Waals surface area contributed by atoms with Crippen LogP contribution in [0.15, 0.2) is 0 Å². The van der Waals surface area contributed by atoms with Crippen molar-refractivity contribution in [2.45, 2.75) is 77.9 Å². The van der Waals surface area contributed by atoms with Gasteiger partial charge in [0.15, 0.2) is 0 Å². The number of rotatable bonds is 4. The van der Waals surface area contributed by atoms with E-state index in [2.05, 4.69) is 17.6 Å². The summed E-state index contributed by atoms with van der Waals surface area (Å²) in [4.78, 5) is 42.2. The van der Waals surface area contributed by atoms with E-state index in [0.29, 0.717) is 13.0 Å². The minimum Gasteiger partial charge on any atom is -0.341 e. The Balaban J connectivity index is 2.25. The molecule has 154 valence electrons. The van der Waals surface area contributed by atoms with Crippen LogP contribution in [0.5, 0.6) is 0 Å². The third kappa shape index (κ3) is 5.21. The minimum atomic E-state index is -0.699. The summed E-state index contributed by atoms with van der Waals surface area (Å²) in [6.07, 6.45) is 3.11. The molecule has 0 saturated carbocycles. The number of carbonyl (C=O) groups is 3. The van der Waals surface area contributed by atoms with Crippen LogP contribution in [0.4, 0.5) is 0 Å². The maximum atomic E-state index is 13.2. The molecule has 2 heterocycles. The molecule has 0 aliphatic carbocycles. The van der Waals surface area contributed by atoms with Crippen LogP contribution >= 0.6 is 0 Å². The van der Waals surface area contributed by atoms with Crippen LogP contribution in [0.2, 0.25) is 0 Å². The van der Waals surface area contributed by atoms with Gasteiger partial charge in [-0.15, -0.1) is 0 Å². The first-order valence-corrected chi connectivity index (χ1v) is 10.0. The van der Waals surface area contributed by atoms with Gasteiger partial charge in [0.25, 0.3) is 0 Å². The quantitative estimate of drug-likeness (QED) is 0.766. The van der Waals surface area contributed by atoms with E-state index >= 15 is 0 Å². The Labute approximate surface area is 163 Å². The topological polar surface area (TPSA) is 81.8 Å². The molecule has 2 N–H and O–H groups in total. The van der Waals surface area contributed by atoms with Crippen molar-refractivity contribution in [1.29, 1.82) is 0 Å². The summed E-state index contributed by atoms with van der Waals surface area (Å²) in [7, 11) is 1.71. The highest BCUT2D eigenvalue weighted by atomic mass is 16.2. The maximum Gasteiger partial charge on any atom is 0.247 e. The molecule has 3 atom stereocenters. The zero-order valence-electron chi connectivity index (χ0n) is 17.7. The summed E-state index contributed by atoms with van der Waals surface area (Å²) in [5, 5.41) is 5.78. The molecule has 3 amide bonds. The van der Waals surface area contributed by atoms with Crippen LogP contribution in [-0.4, -0.2) is 71.8 Å². The van der Waals surface area contributed by atoms with Crippen LogP contribution < -0.4 is 10.6 Å². The standard InChI is InChI=1S/C20H36N4O3/c1-14(21-6)17(26)22-15-13-23(16(25)12-19(2,3)4)11-9-20(5)8-7-10-24(20)18(15)27/h14-15,21H,7-13H2,1-6H3,(H,22,26). The van der Waals surface area contributed by atoms with E-state index in [9.17, 15) is 14.4 Å². The van der Waals surface area contributed by atoms with E-state index < -0.39 is 12.1 Å². The van der Waals surface area contributed by atoms with Gasteiger partial charge in [-0.05, 0) is 45.6 Å². The lowest BCUT2D eigenvalue weighted by molar-refractivity contribution is -0.145. The first-order chi connectivity index (χ1) is 12.5. The molecule has 0 bridgehead atoms. The third-order valence-corrected chi connectivity index (χ3v) is 5.81. The van der Waals surface area contributed by atoms with Crippen LogP contribution in [0.3, 0.4) is 0 Å². The molecular weight excluding hydrogens is 344 g/mol. The van der Waals surface area contributed by atoms with E-state index in [0.717, 1.165) is 25.8 Å². The highest BCUT2D eigenvalue weighted by Gasteiger charge is 2.45. The molecule has 7 nitrogen and oxygen atoms in total. The largest absolute Gasteiger partial charge is 0.341 e. The van der Waals surface area contributed by atoms with Crippen molar-refractivity contribution in [2.24, 2.45) is 5.41 Å². The van der Waals surface area contributed by atoms with Crippen molar-refractivity contribution in [3.8, 4) is 0 Å². The number of nitrogens with one attached hydrogen (secondary N) is 2. The molecule has 0 aromatic heterocycles. The second-order valence-electron chi connectivity index (χ2n) is 9.49. The molecule has 2 aliphatic heterocycles. The lowest BCUT2D eigenvalue weighted by atomic mass is 9.89. The van der Waals surface area contributed by atoms with Crippen molar-refractivity contribution in [3.05, 3.63) is 0 Å². The Morgan fingerprint density at radius 3 is 2.52 bits per heavy atom. The first kappa shape index (κ1) is 21.7. The van der Waals surface area contributed by atoms with Gasteiger partial charge in [0.05, 0.1) is 6.04 Å². The lowest BCUT2D eigenvalue weighted by Gasteiger charge is -2.43. The fourth-order valence-corrected chi connectivity index (χ4v) is 3.94. The second-order valence-corrected chi connectivity index (χ2v) is 9.49. The summed E-state index contributed by atoms with van der Waals surface area (Å²) in [5.41, 5.74) is -0.360. The van der Waals surface area contributed by atoms with Gasteiger partial charge in [-0.1, -0.05) is 20.8 Å². The SMILES string of the molecule is CNC(C)C(=O)NC1CN(C(=O)CC(C)(C)C)CCC2(C)CCCN2C1=O. The van der Waals surface area contributed by atoms with E-state index in [-0.39, 0.29) is 35.2 Å². The van der Waals surface area contributed by atoms with E-state index in [4.69, 9.17) is 0 Å². The average molecular weight is 381 g/mol. The summed E-state index contributed by atoms with van der Waals surface area (Å²) < 4.78 is 0. The van der Waals surface area contributed by atoms with Crippen molar-refractivity contribution < 1.29 is 14.4 Å². The Morgan fingerprint density at radius 2 is 1.93 bits per heavy atom. The molecule has 0 aromatic carbocycles. The van der Waals surface area contributed by atoms with Gasteiger partial charge in [0.1, 0.15) is 6.04 Å². The Bertz CT molecular complexity index is 586. The molecule has 27 heavy (non-hydrogen) atoms. The average Bonchev–Trinajstić information content (AvgIpc) is 2.94. The highest BCUT2D eigenvalue weighted by Crippen LogP contribution is 2.34.